The molecule has 6 atom stereocenters. The molecule has 4 rings (SSSR count). The Morgan fingerprint density at radius 1 is 1.16 bits per heavy atom. The summed E-state index contributed by atoms with van der Waals surface area (Å²) in [5, 5.41) is 22.1. The predicted octanol–water partition coefficient (Wildman–Crippen LogP) is 5.15. The Morgan fingerprint density at radius 2 is 1.89 bits per heavy atom. The van der Waals surface area contributed by atoms with Crippen LogP contribution in [0.4, 0.5) is 4.79 Å². The molecule has 2 aliphatic heterocycles. The van der Waals surface area contributed by atoms with Gasteiger partial charge in [-0.3, -0.25) is 14.7 Å². The molecule has 1 amide bonds. The number of esters is 1. The van der Waals surface area contributed by atoms with Crippen molar-refractivity contribution in [2.75, 3.05) is 26.2 Å². The van der Waals surface area contributed by atoms with Crippen LogP contribution < -0.4 is 0 Å². The Balaban J connectivity index is 1.47. The maximum atomic E-state index is 13.3. The predicted molar refractivity (Wildman–Crippen MR) is 170 cm³/mol. The number of hydrogen-bond donors (Lipinski definition) is 2. The van der Waals surface area contributed by atoms with Gasteiger partial charge in [-0.05, 0) is 63.3 Å². The maximum Gasteiger partial charge on any atom is 0.410 e. The molecule has 242 valence electrons. The average Bonchev–Trinajstić information content (AvgIpc) is 3.56. The van der Waals surface area contributed by atoms with Gasteiger partial charge in [0.25, 0.3) is 0 Å². The van der Waals surface area contributed by atoms with Gasteiger partial charge in [0, 0.05) is 55.9 Å². The standard InChI is InChI=1S/C35H51N3O6/c1-25(30-14-7-8-19-36-30)10-9-11-26(2)33-27(3)15-16-31(35(4,42)18-17-29(39)24-32(40)44-33)43-34(41)38-22-20-37(21-23-38)28-12-5-6-13-28/h7-11,14-16,19,25,27-29,31,33,39,42H,5-6,12-13,17-18,20-24H2,1-4H3/b10-9+,16-15+,26-11+/t25?,27-,29-,31-,33+,35-/m0/s1. The van der Waals surface area contributed by atoms with Crippen LogP contribution in [0.3, 0.4) is 0 Å². The summed E-state index contributed by atoms with van der Waals surface area (Å²) in [6.07, 6.45) is 13.4. The van der Waals surface area contributed by atoms with E-state index in [1.807, 2.05) is 56.4 Å². The molecule has 1 saturated carbocycles. The molecule has 1 aromatic heterocycles. The minimum atomic E-state index is -1.44. The zero-order valence-electron chi connectivity index (χ0n) is 26.8. The maximum absolute atomic E-state index is 13.3. The molecule has 9 nitrogen and oxygen atoms in total. The highest BCUT2D eigenvalue weighted by molar-refractivity contribution is 5.70. The number of aromatic nitrogens is 1. The van der Waals surface area contributed by atoms with E-state index in [0.717, 1.165) is 24.4 Å². The van der Waals surface area contributed by atoms with Gasteiger partial charge < -0.3 is 24.6 Å². The highest BCUT2D eigenvalue weighted by atomic mass is 16.6. The highest BCUT2D eigenvalue weighted by Crippen LogP contribution is 2.28. The third-order valence-electron chi connectivity index (χ3n) is 9.33. The Hall–Kier alpha value is -3.01. The number of carbonyl (C=O) groups is 2. The SMILES string of the molecule is C/C(=C\C=C\C(C)c1ccccn1)[C@H]1OC(=O)C[C@@H](O)CC[C@](C)(O)[C@@H](OC(=O)N2CCN(C3CCCC3)CC2)/C=C/[C@@H]1C. The summed E-state index contributed by atoms with van der Waals surface area (Å²) >= 11 is 0. The minimum Gasteiger partial charge on any atom is -0.457 e. The van der Waals surface area contributed by atoms with Gasteiger partial charge in [0.15, 0.2) is 6.10 Å². The van der Waals surface area contributed by atoms with Crippen molar-refractivity contribution in [1.82, 2.24) is 14.8 Å². The van der Waals surface area contributed by atoms with Gasteiger partial charge in [-0.2, -0.15) is 0 Å². The van der Waals surface area contributed by atoms with Crippen molar-refractivity contribution in [1.29, 1.82) is 0 Å². The number of nitrogens with zero attached hydrogens (tertiary/aromatic N) is 3. The molecule has 3 heterocycles. The number of cyclic esters (lactones) is 1. The zero-order chi connectivity index (χ0) is 31.7. The van der Waals surface area contributed by atoms with Crippen molar-refractivity contribution in [3.63, 3.8) is 0 Å². The van der Waals surface area contributed by atoms with Crippen molar-refractivity contribution in [3.05, 3.63) is 66.0 Å². The average molecular weight is 610 g/mol. The van der Waals surface area contributed by atoms with Gasteiger partial charge in [-0.1, -0.05) is 57.1 Å². The van der Waals surface area contributed by atoms with Crippen LogP contribution in [0.15, 0.2) is 60.3 Å². The van der Waals surface area contributed by atoms with Crippen LogP contribution in [-0.4, -0.2) is 93.2 Å². The first-order valence-electron chi connectivity index (χ1n) is 16.3. The number of aliphatic hydroxyl groups excluding tert-OH is 1. The molecule has 0 bridgehead atoms. The molecule has 2 N–H and O–H groups in total. The molecule has 9 heteroatoms. The summed E-state index contributed by atoms with van der Waals surface area (Å²) in [6, 6.07) is 6.44. The minimum absolute atomic E-state index is 0.106. The van der Waals surface area contributed by atoms with Crippen LogP contribution >= 0.6 is 0 Å². The summed E-state index contributed by atoms with van der Waals surface area (Å²) in [6.45, 7) is 10.3. The summed E-state index contributed by atoms with van der Waals surface area (Å²) in [7, 11) is 0. The van der Waals surface area contributed by atoms with E-state index < -0.39 is 36.0 Å². The first kappa shape index (κ1) is 33.9. The summed E-state index contributed by atoms with van der Waals surface area (Å²) in [5.41, 5.74) is 0.347. The van der Waals surface area contributed by atoms with Gasteiger partial charge in [0.1, 0.15) is 11.7 Å². The Kier molecular flexibility index (Phi) is 12.2. The largest absolute Gasteiger partial charge is 0.457 e. The van der Waals surface area contributed by atoms with Crippen LogP contribution in [0.25, 0.3) is 0 Å². The van der Waals surface area contributed by atoms with Gasteiger partial charge >= 0.3 is 12.1 Å². The zero-order valence-corrected chi connectivity index (χ0v) is 26.8. The molecule has 2 fully saturated rings. The van der Waals surface area contributed by atoms with Crippen LogP contribution in [0.5, 0.6) is 0 Å². The number of rotatable bonds is 6. The number of pyridine rings is 1. The second-order valence-corrected chi connectivity index (χ2v) is 13.0. The van der Waals surface area contributed by atoms with Crippen LogP contribution in [0.2, 0.25) is 0 Å². The monoisotopic (exact) mass is 609 g/mol. The number of piperazine rings is 1. The van der Waals surface area contributed by atoms with E-state index in [4.69, 9.17) is 9.47 Å². The first-order valence-corrected chi connectivity index (χ1v) is 16.3. The molecular formula is C35H51N3O6. The van der Waals surface area contributed by atoms with E-state index in [1.54, 1.807) is 24.1 Å². The first-order chi connectivity index (χ1) is 21.0. The molecule has 0 radical (unpaired) electrons. The number of allylic oxidation sites excluding steroid dienone is 3. The van der Waals surface area contributed by atoms with Crippen LogP contribution in [-0.2, 0) is 14.3 Å². The van der Waals surface area contributed by atoms with E-state index in [9.17, 15) is 19.8 Å². The molecule has 0 spiro atoms. The van der Waals surface area contributed by atoms with E-state index in [2.05, 4.69) is 16.8 Å². The fourth-order valence-electron chi connectivity index (χ4n) is 6.39. The normalized spacial score (nSPS) is 31.6. The van der Waals surface area contributed by atoms with Gasteiger partial charge in [-0.25, -0.2) is 4.79 Å². The Morgan fingerprint density at radius 3 is 2.57 bits per heavy atom. The van der Waals surface area contributed by atoms with E-state index in [1.165, 1.54) is 25.7 Å². The molecule has 1 aromatic rings. The molecule has 1 aliphatic carbocycles. The summed E-state index contributed by atoms with van der Waals surface area (Å²) in [4.78, 5) is 34.7. The lowest BCUT2D eigenvalue weighted by molar-refractivity contribution is -0.151. The lowest BCUT2D eigenvalue weighted by atomic mass is 9.88. The smallest absolute Gasteiger partial charge is 0.410 e. The molecular weight excluding hydrogens is 558 g/mol. The summed E-state index contributed by atoms with van der Waals surface area (Å²) in [5.74, 6) is -0.684. The van der Waals surface area contributed by atoms with E-state index >= 15 is 0 Å². The molecule has 0 aromatic carbocycles. The van der Waals surface area contributed by atoms with Gasteiger partial charge in [0.05, 0.1) is 12.5 Å². The molecule has 3 aliphatic rings. The number of carbonyl (C=O) groups excluding carboxylic acids is 2. The second kappa shape index (κ2) is 15.8. The van der Waals surface area contributed by atoms with Crippen molar-refractivity contribution >= 4 is 12.1 Å². The Labute approximate surface area is 262 Å². The van der Waals surface area contributed by atoms with Crippen molar-refractivity contribution in [2.24, 2.45) is 5.92 Å². The quantitative estimate of drug-likeness (QED) is 0.259. The number of aliphatic hydroxyl groups is 2. The van der Waals surface area contributed by atoms with E-state index in [0.29, 0.717) is 19.1 Å². The second-order valence-electron chi connectivity index (χ2n) is 13.0. The third kappa shape index (κ3) is 9.49. The third-order valence-corrected chi connectivity index (χ3v) is 9.33. The van der Waals surface area contributed by atoms with Crippen molar-refractivity contribution < 1.29 is 29.3 Å². The number of hydrogen-bond acceptors (Lipinski definition) is 8. The molecule has 1 unspecified atom stereocenters. The highest BCUT2D eigenvalue weighted by Gasteiger charge is 2.37. The fraction of sp³-hybridized carbons (Fsp3) is 0.629. The summed E-state index contributed by atoms with van der Waals surface area (Å²) < 4.78 is 11.8. The van der Waals surface area contributed by atoms with Crippen LogP contribution in [0.1, 0.15) is 84.3 Å². The van der Waals surface area contributed by atoms with Crippen molar-refractivity contribution in [2.45, 2.75) is 109 Å². The van der Waals surface area contributed by atoms with E-state index in [-0.39, 0.29) is 31.1 Å². The lowest BCUT2D eigenvalue weighted by Gasteiger charge is -2.39. The number of amides is 1. The topological polar surface area (TPSA) is 112 Å². The molecule has 44 heavy (non-hydrogen) atoms. The fourth-order valence-corrected chi connectivity index (χ4v) is 6.39. The number of ether oxygens (including phenoxy) is 2. The lowest BCUT2D eigenvalue weighted by Crippen LogP contribution is -2.53. The molecule has 1 saturated heterocycles. The van der Waals surface area contributed by atoms with Gasteiger partial charge in [0.2, 0.25) is 0 Å². The van der Waals surface area contributed by atoms with Crippen LogP contribution in [0, 0.1) is 5.92 Å². The van der Waals surface area contributed by atoms with Gasteiger partial charge in [-0.15, -0.1) is 0 Å². The Bertz CT molecular complexity index is 1170. The van der Waals surface area contributed by atoms with Crippen molar-refractivity contribution in [3.8, 4) is 0 Å².